The molecule has 104 valence electrons. The molecule has 1 fully saturated rings. The second-order valence-electron chi connectivity index (χ2n) is 4.60. The molecule has 5 heteroatoms. The van der Waals surface area contributed by atoms with Crippen LogP contribution in [0.25, 0.3) is 0 Å². The summed E-state index contributed by atoms with van der Waals surface area (Å²) in [5, 5.41) is 6.16. The number of rotatable bonds is 4. The van der Waals surface area contributed by atoms with E-state index in [0.717, 1.165) is 31.6 Å². The average Bonchev–Trinajstić information content (AvgIpc) is 2.48. The van der Waals surface area contributed by atoms with Gasteiger partial charge in [0.1, 0.15) is 0 Å². The highest BCUT2D eigenvalue weighted by atomic mass is 16.5. The number of carbonyl (C=O) groups excluding carboxylic acids is 1. The van der Waals surface area contributed by atoms with Gasteiger partial charge in [-0.15, -0.1) is 0 Å². The van der Waals surface area contributed by atoms with E-state index in [1.165, 1.54) is 0 Å². The first-order valence-corrected chi connectivity index (χ1v) is 6.48. The van der Waals surface area contributed by atoms with Gasteiger partial charge in [0.15, 0.2) is 11.5 Å². The molecular formula is C14H20N2O3. The number of piperidine rings is 1. The minimum absolute atomic E-state index is 0.0434. The van der Waals surface area contributed by atoms with Gasteiger partial charge in [0, 0.05) is 18.3 Å². The lowest BCUT2D eigenvalue weighted by atomic mass is 9.99. The number of hydrogen-bond donors (Lipinski definition) is 2. The minimum Gasteiger partial charge on any atom is -0.493 e. The Morgan fingerprint density at radius 1 is 1.32 bits per heavy atom. The van der Waals surface area contributed by atoms with E-state index in [1.807, 2.05) is 6.07 Å². The molecule has 1 amide bonds. The minimum atomic E-state index is 0.0434. The van der Waals surface area contributed by atoms with Crippen LogP contribution in [0.2, 0.25) is 0 Å². The van der Waals surface area contributed by atoms with E-state index < -0.39 is 0 Å². The van der Waals surface area contributed by atoms with Crippen molar-refractivity contribution in [2.75, 3.05) is 32.6 Å². The van der Waals surface area contributed by atoms with Crippen LogP contribution in [0.5, 0.6) is 11.5 Å². The van der Waals surface area contributed by atoms with Crippen molar-refractivity contribution >= 4 is 11.6 Å². The van der Waals surface area contributed by atoms with Crippen LogP contribution < -0.4 is 20.1 Å². The molecule has 0 spiro atoms. The maximum Gasteiger partial charge on any atom is 0.228 e. The molecule has 2 rings (SSSR count). The summed E-state index contributed by atoms with van der Waals surface area (Å²) in [6.45, 7) is 1.75. The van der Waals surface area contributed by atoms with Crippen LogP contribution in [0.1, 0.15) is 12.8 Å². The van der Waals surface area contributed by atoms with Crippen LogP contribution in [-0.2, 0) is 4.79 Å². The summed E-state index contributed by atoms with van der Waals surface area (Å²) in [5.41, 5.74) is 0.730. The van der Waals surface area contributed by atoms with Gasteiger partial charge in [-0.1, -0.05) is 0 Å². The normalized spacial score (nSPS) is 18.7. The van der Waals surface area contributed by atoms with Crippen molar-refractivity contribution < 1.29 is 14.3 Å². The molecule has 5 nitrogen and oxygen atoms in total. The van der Waals surface area contributed by atoms with Gasteiger partial charge in [0.2, 0.25) is 5.91 Å². The number of nitrogens with one attached hydrogen (secondary N) is 2. The van der Waals surface area contributed by atoms with Crippen LogP contribution in [0.3, 0.4) is 0 Å². The number of methoxy groups -OCH3 is 2. The smallest absolute Gasteiger partial charge is 0.228 e. The zero-order valence-electron chi connectivity index (χ0n) is 11.4. The van der Waals surface area contributed by atoms with Crippen LogP contribution >= 0.6 is 0 Å². The Hall–Kier alpha value is -1.75. The monoisotopic (exact) mass is 264 g/mol. The van der Waals surface area contributed by atoms with Crippen LogP contribution in [-0.4, -0.2) is 33.2 Å². The number of carbonyl (C=O) groups is 1. The van der Waals surface area contributed by atoms with Gasteiger partial charge in [0.25, 0.3) is 0 Å². The topological polar surface area (TPSA) is 59.6 Å². The fourth-order valence-corrected chi connectivity index (χ4v) is 2.23. The second-order valence-corrected chi connectivity index (χ2v) is 4.60. The molecule has 1 aromatic rings. The van der Waals surface area contributed by atoms with Crippen molar-refractivity contribution in [3.05, 3.63) is 18.2 Å². The summed E-state index contributed by atoms with van der Waals surface area (Å²) in [6, 6.07) is 5.37. The number of hydrogen-bond acceptors (Lipinski definition) is 4. The fourth-order valence-electron chi connectivity index (χ4n) is 2.23. The molecule has 1 saturated heterocycles. The molecule has 19 heavy (non-hydrogen) atoms. The summed E-state index contributed by atoms with van der Waals surface area (Å²) >= 11 is 0. The van der Waals surface area contributed by atoms with Crippen molar-refractivity contribution in [3.8, 4) is 11.5 Å². The largest absolute Gasteiger partial charge is 0.493 e. The predicted octanol–water partition coefficient (Wildman–Crippen LogP) is 1.64. The number of ether oxygens (including phenoxy) is 2. The summed E-state index contributed by atoms with van der Waals surface area (Å²) in [5.74, 6) is 1.36. The summed E-state index contributed by atoms with van der Waals surface area (Å²) < 4.78 is 10.4. The zero-order chi connectivity index (χ0) is 13.7. The number of amides is 1. The molecule has 0 bridgehead atoms. The van der Waals surface area contributed by atoms with Gasteiger partial charge in [-0.2, -0.15) is 0 Å². The molecule has 0 unspecified atom stereocenters. The first-order valence-electron chi connectivity index (χ1n) is 6.48. The highest BCUT2D eigenvalue weighted by Gasteiger charge is 2.21. The Morgan fingerprint density at radius 3 is 2.74 bits per heavy atom. The van der Waals surface area contributed by atoms with E-state index in [0.29, 0.717) is 11.5 Å². The highest BCUT2D eigenvalue weighted by Crippen LogP contribution is 2.30. The van der Waals surface area contributed by atoms with Gasteiger partial charge < -0.3 is 20.1 Å². The standard InChI is InChI=1S/C14H20N2O3/c1-18-12-6-5-11(8-13(12)19-2)16-14(17)10-4-3-7-15-9-10/h5-6,8,10,15H,3-4,7,9H2,1-2H3,(H,16,17)/t10-/m1/s1. The van der Waals surface area contributed by atoms with Crippen molar-refractivity contribution in [3.63, 3.8) is 0 Å². The Kier molecular flexibility index (Phi) is 4.63. The van der Waals surface area contributed by atoms with E-state index in [4.69, 9.17) is 9.47 Å². The fraction of sp³-hybridized carbons (Fsp3) is 0.500. The molecule has 1 aliphatic rings. The Balaban J connectivity index is 2.03. The third-order valence-electron chi connectivity index (χ3n) is 3.32. The van der Waals surface area contributed by atoms with E-state index in [-0.39, 0.29) is 11.8 Å². The first kappa shape index (κ1) is 13.7. The number of anilines is 1. The third kappa shape index (κ3) is 3.38. The van der Waals surface area contributed by atoms with Crippen molar-refractivity contribution in [1.29, 1.82) is 0 Å². The van der Waals surface area contributed by atoms with Crippen LogP contribution in [0.4, 0.5) is 5.69 Å². The molecule has 0 aromatic heterocycles. The predicted molar refractivity (Wildman–Crippen MR) is 73.8 cm³/mol. The maximum absolute atomic E-state index is 12.1. The van der Waals surface area contributed by atoms with Gasteiger partial charge >= 0.3 is 0 Å². The van der Waals surface area contributed by atoms with Crippen molar-refractivity contribution in [2.24, 2.45) is 5.92 Å². The van der Waals surface area contributed by atoms with Crippen molar-refractivity contribution in [1.82, 2.24) is 5.32 Å². The molecule has 1 aromatic carbocycles. The Morgan fingerprint density at radius 2 is 2.11 bits per heavy atom. The summed E-state index contributed by atoms with van der Waals surface area (Å²) in [4.78, 5) is 12.1. The molecule has 2 N–H and O–H groups in total. The Bertz CT molecular complexity index is 442. The lowest BCUT2D eigenvalue weighted by Gasteiger charge is -2.22. The molecule has 0 aliphatic carbocycles. The summed E-state index contributed by atoms with van der Waals surface area (Å²) in [6.07, 6.45) is 1.98. The van der Waals surface area contributed by atoms with E-state index in [1.54, 1.807) is 26.4 Å². The molecule has 0 saturated carbocycles. The Labute approximate surface area is 113 Å². The summed E-state index contributed by atoms with van der Waals surface area (Å²) in [7, 11) is 3.16. The molecule has 1 atom stereocenters. The third-order valence-corrected chi connectivity index (χ3v) is 3.32. The van der Waals surface area contributed by atoms with Crippen molar-refractivity contribution in [2.45, 2.75) is 12.8 Å². The van der Waals surface area contributed by atoms with Crippen LogP contribution in [0, 0.1) is 5.92 Å². The number of benzene rings is 1. The highest BCUT2D eigenvalue weighted by molar-refractivity contribution is 5.93. The van der Waals surface area contributed by atoms with Gasteiger partial charge in [-0.05, 0) is 31.5 Å². The SMILES string of the molecule is COc1ccc(NC(=O)[C@@H]2CCCNC2)cc1OC. The second kappa shape index (κ2) is 6.43. The molecule has 1 aliphatic heterocycles. The van der Waals surface area contributed by atoms with Crippen LogP contribution in [0.15, 0.2) is 18.2 Å². The molecule has 1 heterocycles. The van der Waals surface area contributed by atoms with Gasteiger partial charge in [-0.25, -0.2) is 0 Å². The average molecular weight is 264 g/mol. The lowest BCUT2D eigenvalue weighted by molar-refractivity contribution is -0.120. The van der Waals surface area contributed by atoms with Gasteiger partial charge in [-0.3, -0.25) is 4.79 Å². The zero-order valence-corrected chi connectivity index (χ0v) is 11.4. The van der Waals surface area contributed by atoms with E-state index >= 15 is 0 Å². The quantitative estimate of drug-likeness (QED) is 0.868. The molecule has 0 radical (unpaired) electrons. The molecular weight excluding hydrogens is 244 g/mol. The van der Waals surface area contributed by atoms with E-state index in [2.05, 4.69) is 10.6 Å². The first-order chi connectivity index (χ1) is 9.24. The van der Waals surface area contributed by atoms with Gasteiger partial charge in [0.05, 0.1) is 20.1 Å². The maximum atomic E-state index is 12.1. The lowest BCUT2D eigenvalue weighted by Crippen LogP contribution is -2.37. The van der Waals surface area contributed by atoms with E-state index in [9.17, 15) is 4.79 Å².